The lowest BCUT2D eigenvalue weighted by Gasteiger charge is -2.39. The van der Waals surface area contributed by atoms with Gasteiger partial charge in [0.15, 0.2) is 11.5 Å². The van der Waals surface area contributed by atoms with Crippen LogP contribution in [0.15, 0.2) is 42.5 Å². The van der Waals surface area contributed by atoms with Crippen LogP contribution in [0.2, 0.25) is 5.02 Å². The third kappa shape index (κ3) is 4.53. The van der Waals surface area contributed by atoms with E-state index in [9.17, 15) is 9.59 Å². The van der Waals surface area contributed by atoms with Crippen LogP contribution in [0, 0.1) is 17.8 Å². The van der Waals surface area contributed by atoms with Crippen LogP contribution in [-0.4, -0.2) is 35.6 Å². The zero-order valence-electron chi connectivity index (χ0n) is 18.1. The van der Waals surface area contributed by atoms with Gasteiger partial charge in [-0.15, -0.1) is 0 Å². The van der Waals surface area contributed by atoms with Crippen molar-refractivity contribution in [1.82, 2.24) is 4.90 Å². The van der Waals surface area contributed by atoms with Crippen molar-refractivity contribution in [3.05, 3.63) is 58.6 Å². The number of halogens is 1. The van der Waals surface area contributed by atoms with Gasteiger partial charge in [-0.3, -0.25) is 9.59 Å². The smallest absolute Gasteiger partial charge is 0.293 e. The number of nitrogens with zero attached hydrogens (tertiary/aromatic N) is 1. The summed E-state index contributed by atoms with van der Waals surface area (Å²) in [6.45, 7) is 5.19. The molecular formula is C25H25ClN2O4. The number of piperidine rings is 1. The Morgan fingerprint density at radius 3 is 2.34 bits per heavy atom. The van der Waals surface area contributed by atoms with Crippen molar-refractivity contribution in [2.75, 3.05) is 13.1 Å². The van der Waals surface area contributed by atoms with Gasteiger partial charge in [0.25, 0.3) is 11.7 Å². The van der Waals surface area contributed by atoms with Crippen molar-refractivity contribution >= 4 is 23.4 Å². The van der Waals surface area contributed by atoms with E-state index >= 15 is 0 Å². The molecule has 6 nitrogen and oxygen atoms in total. The van der Waals surface area contributed by atoms with Crippen molar-refractivity contribution in [2.45, 2.75) is 38.4 Å². The molecule has 0 saturated carbocycles. The number of carbonyl (C=O) groups excluding carboxylic acids is 2. The molecule has 2 aromatic carbocycles. The molecule has 1 unspecified atom stereocenters. The van der Waals surface area contributed by atoms with Crippen LogP contribution in [0.1, 0.15) is 43.7 Å². The SMILES string of the molecule is CC(C)C(C(=O)N1CCC2(CC1)Oc1ccc(C#CC(N)=O)cc1O2)c1ccc(Cl)cc1. The molecule has 0 aromatic heterocycles. The molecule has 7 heteroatoms. The van der Waals surface area contributed by atoms with Gasteiger partial charge < -0.3 is 20.1 Å². The molecule has 1 fully saturated rings. The second kappa shape index (κ2) is 8.76. The van der Waals surface area contributed by atoms with Crippen molar-refractivity contribution in [3.63, 3.8) is 0 Å². The number of hydrogen-bond acceptors (Lipinski definition) is 4. The van der Waals surface area contributed by atoms with Gasteiger partial charge in [0, 0.05) is 36.5 Å². The molecule has 2 aliphatic rings. The fraction of sp³-hybridized carbons (Fsp3) is 0.360. The van der Waals surface area contributed by atoms with E-state index in [1.54, 1.807) is 18.2 Å². The first-order valence-corrected chi connectivity index (χ1v) is 11.0. The minimum Gasteiger partial charge on any atom is -0.448 e. The first-order chi connectivity index (χ1) is 15.3. The van der Waals surface area contributed by atoms with E-state index in [4.69, 9.17) is 26.8 Å². The van der Waals surface area contributed by atoms with E-state index < -0.39 is 11.7 Å². The number of fused-ring (bicyclic) bond motifs is 1. The largest absolute Gasteiger partial charge is 0.448 e. The molecule has 2 heterocycles. The average Bonchev–Trinajstić information content (AvgIpc) is 3.10. The molecule has 0 radical (unpaired) electrons. The Hall–Kier alpha value is -3.17. The molecule has 2 aliphatic heterocycles. The first-order valence-electron chi connectivity index (χ1n) is 10.6. The maximum Gasteiger partial charge on any atom is 0.293 e. The molecule has 2 aromatic rings. The maximum atomic E-state index is 13.4. The lowest BCUT2D eigenvalue weighted by Crippen LogP contribution is -2.52. The highest BCUT2D eigenvalue weighted by Gasteiger charge is 2.46. The monoisotopic (exact) mass is 452 g/mol. The topological polar surface area (TPSA) is 81.9 Å². The van der Waals surface area contributed by atoms with Gasteiger partial charge in [0.1, 0.15) is 0 Å². The summed E-state index contributed by atoms with van der Waals surface area (Å²) in [5, 5.41) is 0.655. The summed E-state index contributed by atoms with van der Waals surface area (Å²) >= 11 is 6.02. The van der Waals surface area contributed by atoms with Gasteiger partial charge in [-0.25, -0.2) is 0 Å². The predicted octanol–water partition coefficient (Wildman–Crippen LogP) is 3.71. The van der Waals surface area contributed by atoms with E-state index in [0.29, 0.717) is 48.0 Å². The highest BCUT2D eigenvalue weighted by Crippen LogP contribution is 2.44. The highest BCUT2D eigenvalue weighted by atomic mass is 35.5. The lowest BCUT2D eigenvalue weighted by molar-refractivity contribution is -0.148. The number of primary amides is 1. The molecule has 1 atom stereocenters. The molecule has 4 rings (SSSR count). The van der Waals surface area contributed by atoms with E-state index in [2.05, 4.69) is 25.7 Å². The molecule has 0 aliphatic carbocycles. The first kappa shape index (κ1) is 22.0. The van der Waals surface area contributed by atoms with Crippen LogP contribution in [0.25, 0.3) is 0 Å². The Labute approximate surface area is 192 Å². The Kier molecular flexibility index (Phi) is 6.03. The molecule has 166 valence electrons. The fourth-order valence-corrected chi connectivity index (χ4v) is 4.38. The van der Waals surface area contributed by atoms with E-state index in [-0.39, 0.29) is 17.7 Å². The molecule has 0 bridgehead atoms. The Balaban J connectivity index is 1.44. The molecule has 1 saturated heterocycles. The molecule has 1 spiro atoms. The van der Waals surface area contributed by atoms with Gasteiger partial charge >= 0.3 is 0 Å². The second-order valence-corrected chi connectivity index (χ2v) is 8.93. The zero-order valence-corrected chi connectivity index (χ0v) is 18.8. The quantitative estimate of drug-likeness (QED) is 0.720. The molecule has 2 amide bonds. The second-order valence-electron chi connectivity index (χ2n) is 8.49. The minimum absolute atomic E-state index is 0.108. The number of rotatable bonds is 3. The number of carbonyl (C=O) groups is 2. The van der Waals surface area contributed by atoms with Crippen LogP contribution >= 0.6 is 11.6 Å². The molecule has 2 N–H and O–H groups in total. The zero-order chi connectivity index (χ0) is 22.9. The normalized spacial score (nSPS) is 17.1. The summed E-state index contributed by atoms with van der Waals surface area (Å²) in [7, 11) is 0. The van der Waals surface area contributed by atoms with Gasteiger partial charge in [-0.1, -0.05) is 43.5 Å². The van der Waals surface area contributed by atoms with Gasteiger partial charge in [-0.2, -0.15) is 0 Å². The van der Waals surface area contributed by atoms with E-state index in [0.717, 1.165) is 5.56 Å². The number of nitrogens with two attached hydrogens (primary N) is 1. The average molecular weight is 453 g/mol. The fourth-order valence-electron chi connectivity index (χ4n) is 4.26. The van der Waals surface area contributed by atoms with Gasteiger partial charge in [-0.05, 0) is 47.7 Å². The summed E-state index contributed by atoms with van der Waals surface area (Å²) in [4.78, 5) is 26.2. The number of benzene rings is 2. The Morgan fingerprint density at radius 2 is 1.72 bits per heavy atom. The van der Waals surface area contributed by atoms with Gasteiger partial charge in [0.05, 0.1) is 5.92 Å². The molecular weight excluding hydrogens is 428 g/mol. The van der Waals surface area contributed by atoms with Crippen molar-refractivity contribution < 1.29 is 19.1 Å². The lowest BCUT2D eigenvalue weighted by atomic mass is 9.86. The number of amides is 2. The standard InChI is InChI=1S/C25H25ClN2O4/c1-16(2)23(18-5-7-19(26)8-6-18)24(30)28-13-11-25(12-14-28)31-20-9-3-17(4-10-22(27)29)15-21(20)32-25/h3,5-9,15-16,23H,11-14H2,1-2H3,(H2,27,29). The van der Waals surface area contributed by atoms with Crippen LogP contribution in [0.3, 0.4) is 0 Å². The predicted molar refractivity (Wildman–Crippen MR) is 121 cm³/mol. The third-order valence-corrected chi connectivity index (χ3v) is 6.12. The number of hydrogen-bond donors (Lipinski definition) is 1. The van der Waals surface area contributed by atoms with Crippen molar-refractivity contribution in [3.8, 4) is 23.3 Å². The maximum absolute atomic E-state index is 13.4. The van der Waals surface area contributed by atoms with Gasteiger partial charge in [0.2, 0.25) is 5.91 Å². The highest BCUT2D eigenvalue weighted by molar-refractivity contribution is 6.30. The summed E-state index contributed by atoms with van der Waals surface area (Å²) in [5.41, 5.74) is 6.68. The molecule has 32 heavy (non-hydrogen) atoms. The summed E-state index contributed by atoms with van der Waals surface area (Å²) in [5.74, 6) is 4.81. The summed E-state index contributed by atoms with van der Waals surface area (Å²) < 4.78 is 12.3. The van der Waals surface area contributed by atoms with Crippen LogP contribution < -0.4 is 15.2 Å². The van der Waals surface area contributed by atoms with Crippen LogP contribution in [0.5, 0.6) is 11.5 Å². The Morgan fingerprint density at radius 1 is 1.06 bits per heavy atom. The summed E-state index contributed by atoms with van der Waals surface area (Å²) in [6, 6.07) is 12.8. The van der Waals surface area contributed by atoms with Crippen molar-refractivity contribution in [1.29, 1.82) is 0 Å². The van der Waals surface area contributed by atoms with E-state index in [1.165, 1.54) is 0 Å². The number of likely N-dealkylation sites (tertiary alicyclic amines) is 1. The van der Waals surface area contributed by atoms with Crippen LogP contribution in [-0.2, 0) is 9.59 Å². The van der Waals surface area contributed by atoms with Crippen molar-refractivity contribution in [2.24, 2.45) is 11.7 Å². The van der Waals surface area contributed by atoms with E-state index in [1.807, 2.05) is 29.2 Å². The minimum atomic E-state index is -0.789. The number of ether oxygens (including phenoxy) is 2. The summed E-state index contributed by atoms with van der Waals surface area (Å²) in [6.07, 6.45) is 1.11. The Bertz CT molecular complexity index is 1090. The van der Waals surface area contributed by atoms with Crippen LogP contribution in [0.4, 0.5) is 0 Å². The third-order valence-electron chi connectivity index (χ3n) is 5.86.